The van der Waals surface area contributed by atoms with Crippen LogP contribution in [0.25, 0.3) is 0 Å². The van der Waals surface area contributed by atoms with E-state index < -0.39 is 0 Å². The average Bonchev–Trinajstić information content (AvgIpc) is 2.73. The summed E-state index contributed by atoms with van der Waals surface area (Å²) < 4.78 is 5.55. The van der Waals surface area contributed by atoms with Crippen molar-refractivity contribution in [2.24, 2.45) is 5.41 Å². The minimum absolute atomic E-state index is 0.0102. The topological polar surface area (TPSA) is 24.5 Å². The Balaban J connectivity index is 0.000000606. The van der Waals surface area contributed by atoms with Gasteiger partial charge in [0.15, 0.2) is 0 Å². The maximum absolute atomic E-state index is 5.55. The molecule has 0 bridgehead atoms. The van der Waals surface area contributed by atoms with E-state index in [1.54, 1.807) is 0 Å². The molecule has 1 aliphatic carbocycles. The number of hydrogen-bond donors (Lipinski definition) is 1. The van der Waals surface area contributed by atoms with Crippen LogP contribution in [-0.4, -0.2) is 44.4 Å². The summed E-state index contributed by atoms with van der Waals surface area (Å²) in [6.07, 6.45) is 3.72. The highest BCUT2D eigenvalue weighted by Crippen LogP contribution is 2.53. The van der Waals surface area contributed by atoms with Crippen molar-refractivity contribution in [3.63, 3.8) is 0 Å². The lowest BCUT2D eigenvalue weighted by Gasteiger charge is -2.53. The zero-order valence-corrected chi connectivity index (χ0v) is 11.6. The third kappa shape index (κ3) is 2.41. The van der Waals surface area contributed by atoms with E-state index in [4.69, 9.17) is 4.74 Å². The van der Waals surface area contributed by atoms with E-state index in [0.29, 0.717) is 5.41 Å². The maximum Gasteiger partial charge on any atom is 0.119 e. The number of methoxy groups -OCH3 is 1. The number of likely N-dealkylation sites (tertiary alicyclic amines) is 1. The summed E-state index contributed by atoms with van der Waals surface area (Å²) in [6, 6.07) is 0. The SMILES string of the molecule is CC.CCN1CCC2(C1)CC(NC)(OC)C2. The van der Waals surface area contributed by atoms with E-state index in [1.807, 2.05) is 28.0 Å². The van der Waals surface area contributed by atoms with Crippen molar-refractivity contribution < 1.29 is 4.74 Å². The molecule has 0 radical (unpaired) electrons. The Labute approximate surface area is 101 Å². The van der Waals surface area contributed by atoms with Crippen LogP contribution in [-0.2, 0) is 4.74 Å². The Morgan fingerprint density at radius 1 is 1.31 bits per heavy atom. The average molecular weight is 228 g/mol. The molecule has 2 fully saturated rings. The van der Waals surface area contributed by atoms with Gasteiger partial charge in [0, 0.05) is 13.7 Å². The molecule has 1 heterocycles. The zero-order valence-electron chi connectivity index (χ0n) is 11.6. The summed E-state index contributed by atoms with van der Waals surface area (Å²) in [5, 5.41) is 3.31. The lowest BCUT2D eigenvalue weighted by Crippen LogP contribution is -2.61. The second-order valence-electron chi connectivity index (χ2n) is 4.92. The Bertz CT molecular complexity index is 206. The molecular weight excluding hydrogens is 200 g/mol. The summed E-state index contributed by atoms with van der Waals surface area (Å²) in [7, 11) is 3.82. The fourth-order valence-electron chi connectivity index (χ4n) is 3.17. The lowest BCUT2D eigenvalue weighted by molar-refractivity contribution is -0.164. The standard InChI is InChI=1S/C11H22N2O.C2H6/c1-4-13-6-5-10(9-13)7-11(8-10,12-2)14-3;1-2/h12H,4-9H2,1-3H3;1-2H3. The lowest BCUT2D eigenvalue weighted by atomic mass is 9.62. The molecule has 0 aromatic carbocycles. The smallest absolute Gasteiger partial charge is 0.119 e. The van der Waals surface area contributed by atoms with E-state index in [9.17, 15) is 0 Å². The Hall–Kier alpha value is -0.120. The van der Waals surface area contributed by atoms with E-state index in [1.165, 1.54) is 38.9 Å². The third-order valence-corrected chi connectivity index (χ3v) is 4.13. The third-order valence-electron chi connectivity index (χ3n) is 4.13. The quantitative estimate of drug-likeness (QED) is 0.749. The molecule has 2 rings (SSSR count). The summed E-state index contributed by atoms with van der Waals surface area (Å²) in [5.74, 6) is 0. The van der Waals surface area contributed by atoms with Crippen molar-refractivity contribution in [2.75, 3.05) is 33.8 Å². The first-order valence-corrected chi connectivity index (χ1v) is 6.64. The molecule has 3 nitrogen and oxygen atoms in total. The second-order valence-corrected chi connectivity index (χ2v) is 4.92. The molecule has 0 aromatic heterocycles. The molecular formula is C13H28N2O. The fourth-order valence-corrected chi connectivity index (χ4v) is 3.17. The zero-order chi connectivity index (χ0) is 12.2. The Kier molecular flexibility index (Phi) is 4.77. The molecule has 96 valence electrons. The fraction of sp³-hybridized carbons (Fsp3) is 1.00. The minimum Gasteiger partial charge on any atom is -0.364 e. The first-order valence-electron chi connectivity index (χ1n) is 6.64. The number of rotatable bonds is 3. The van der Waals surface area contributed by atoms with Gasteiger partial charge in [-0.3, -0.25) is 5.32 Å². The molecule has 1 saturated heterocycles. The number of nitrogens with zero attached hydrogens (tertiary/aromatic N) is 1. The molecule has 1 aliphatic heterocycles. The van der Waals surface area contributed by atoms with Crippen LogP contribution < -0.4 is 5.32 Å². The van der Waals surface area contributed by atoms with Gasteiger partial charge in [-0.25, -0.2) is 0 Å². The van der Waals surface area contributed by atoms with Crippen molar-refractivity contribution >= 4 is 0 Å². The van der Waals surface area contributed by atoms with Gasteiger partial charge in [-0.1, -0.05) is 20.8 Å². The molecule has 16 heavy (non-hydrogen) atoms. The van der Waals surface area contributed by atoms with Crippen molar-refractivity contribution in [2.45, 2.75) is 45.8 Å². The second kappa shape index (κ2) is 5.48. The molecule has 1 saturated carbocycles. The molecule has 0 amide bonds. The Morgan fingerprint density at radius 2 is 1.94 bits per heavy atom. The van der Waals surface area contributed by atoms with Gasteiger partial charge < -0.3 is 9.64 Å². The highest BCUT2D eigenvalue weighted by Gasteiger charge is 2.56. The van der Waals surface area contributed by atoms with Crippen molar-refractivity contribution in [3.8, 4) is 0 Å². The van der Waals surface area contributed by atoms with Crippen LogP contribution in [0.2, 0.25) is 0 Å². The highest BCUT2D eigenvalue weighted by molar-refractivity contribution is 5.07. The van der Waals surface area contributed by atoms with Crippen LogP contribution in [0, 0.1) is 5.41 Å². The van der Waals surface area contributed by atoms with E-state index in [2.05, 4.69) is 17.1 Å². The van der Waals surface area contributed by atoms with Crippen LogP contribution in [0.4, 0.5) is 0 Å². The predicted octanol–water partition coefficient (Wildman–Crippen LogP) is 2.08. The molecule has 0 atom stereocenters. The van der Waals surface area contributed by atoms with Crippen LogP contribution in [0.1, 0.15) is 40.0 Å². The van der Waals surface area contributed by atoms with Gasteiger partial charge in [0.25, 0.3) is 0 Å². The van der Waals surface area contributed by atoms with Crippen LogP contribution in [0.15, 0.2) is 0 Å². The summed E-state index contributed by atoms with van der Waals surface area (Å²) in [6.45, 7) is 10.00. The molecule has 0 aromatic rings. The van der Waals surface area contributed by atoms with E-state index in [-0.39, 0.29) is 5.72 Å². The van der Waals surface area contributed by atoms with Gasteiger partial charge in [0.05, 0.1) is 0 Å². The number of hydrogen-bond acceptors (Lipinski definition) is 3. The normalized spacial score (nSPS) is 38.1. The van der Waals surface area contributed by atoms with E-state index >= 15 is 0 Å². The monoisotopic (exact) mass is 228 g/mol. The van der Waals surface area contributed by atoms with Crippen LogP contribution >= 0.6 is 0 Å². The van der Waals surface area contributed by atoms with Gasteiger partial charge in [-0.2, -0.15) is 0 Å². The van der Waals surface area contributed by atoms with Crippen molar-refractivity contribution in [3.05, 3.63) is 0 Å². The molecule has 0 unspecified atom stereocenters. The molecule has 1 N–H and O–H groups in total. The molecule has 1 spiro atoms. The van der Waals surface area contributed by atoms with Gasteiger partial charge in [-0.05, 0) is 44.8 Å². The van der Waals surface area contributed by atoms with Gasteiger partial charge in [0.1, 0.15) is 5.72 Å². The van der Waals surface area contributed by atoms with E-state index in [0.717, 1.165) is 0 Å². The van der Waals surface area contributed by atoms with Gasteiger partial charge >= 0.3 is 0 Å². The van der Waals surface area contributed by atoms with Crippen LogP contribution in [0.3, 0.4) is 0 Å². The van der Waals surface area contributed by atoms with Crippen molar-refractivity contribution in [1.82, 2.24) is 10.2 Å². The Morgan fingerprint density at radius 3 is 2.31 bits per heavy atom. The van der Waals surface area contributed by atoms with Gasteiger partial charge in [0.2, 0.25) is 0 Å². The minimum atomic E-state index is -0.0102. The highest BCUT2D eigenvalue weighted by atomic mass is 16.5. The number of nitrogens with one attached hydrogen (secondary N) is 1. The van der Waals surface area contributed by atoms with Gasteiger partial charge in [-0.15, -0.1) is 0 Å². The van der Waals surface area contributed by atoms with Crippen LogP contribution in [0.5, 0.6) is 0 Å². The maximum atomic E-state index is 5.55. The first kappa shape index (κ1) is 13.9. The largest absolute Gasteiger partial charge is 0.364 e. The number of ether oxygens (including phenoxy) is 1. The summed E-state index contributed by atoms with van der Waals surface area (Å²) in [5.41, 5.74) is 0.554. The summed E-state index contributed by atoms with van der Waals surface area (Å²) >= 11 is 0. The molecule has 3 heteroatoms. The predicted molar refractivity (Wildman–Crippen MR) is 68.5 cm³/mol. The first-order chi connectivity index (χ1) is 7.67. The molecule has 2 aliphatic rings. The van der Waals surface area contributed by atoms with Crippen molar-refractivity contribution in [1.29, 1.82) is 0 Å². The summed E-state index contributed by atoms with van der Waals surface area (Å²) in [4.78, 5) is 2.55.